The number of carbonyl (C=O) groups excluding carboxylic acids is 1. The van der Waals surface area contributed by atoms with Crippen LogP contribution in [0.5, 0.6) is 0 Å². The summed E-state index contributed by atoms with van der Waals surface area (Å²) in [5.41, 5.74) is 6.24. The normalized spacial score (nSPS) is 30.1. The van der Waals surface area contributed by atoms with E-state index in [9.17, 15) is 4.79 Å². The highest BCUT2D eigenvalue weighted by Crippen LogP contribution is 2.29. The van der Waals surface area contributed by atoms with Gasteiger partial charge < -0.3 is 10.6 Å². The summed E-state index contributed by atoms with van der Waals surface area (Å²) in [6, 6.07) is 0.0566. The summed E-state index contributed by atoms with van der Waals surface area (Å²) in [5, 5.41) is 0. The van der Waals surface area contributed by atoms with Gasteiger partial charge in [-0.3, -0.25) is 4.79 Å². The summed E-state index contributed by atoms with van der Waals surface area (Å²) in [4.78, 5) is 14.2. The van der Waals surface area contributed by atoms with Crippen LogP contribution < -0.4 is 5.73 Å². The third kappa shape index (κ3) is 4.30. The van der Waals surface area contributed by atoms with Gasteiger partial charge in [-0.1, -0.05) is 27.7 Å². The van der Waals surface area contributed by atoms with Gasteiger partial charge in [0.2, 0.25) is 5.91 Å². The molecule has 0 bridgehead atoms. The maximum Gasteiger partial charge on any atom is 0.227 e. The molecule has 1 saturated carbocycles. The Morgan fingerprint density at radius 3 is 2.47 bits per heavy atom. The minimum Gasteiger partial charge on any atom is -0.345 e. The number of rotatable bonds is 2. The van der Waals surface area contributed by atoms with Crippen molar-refractivity contribution in [2.75, 3.05) is 13.6 Å². The van der Waals surface area contributed by atoms with E-state index in [0.717, 1.165) is 25.8 Å². The van der Waals surface area contributed by atoms with Crippen molar-refractivity contribution in [3.63, 3.8) is 0 Å². The molecule has 1 rings (SSSR count). The van der Waals surface area contributed by atoms with Crippen LogP contribution in [0.2, 0.25) is 0 Å². The molecule has 2 N–H and O–H groups in total. The molecular formula is C14H28N2O. The highest BCUT2D eigenvalue weighted by molar-refractivity contribution is 5.79. The van der Waals surface area contributed by atoms with Crippen molar-refractivity contribution < 1.29 is 4.79 Å². The van der Waals surface area contributed by atoms with Crippen molar-refractivity contribution in [3.05, 3.63) is 0 Å². The van der Waals surface area contributed by atoms with E-state index in [2.05, 4.69) is 27.7 Å². The molecule has 0 aromatic heterocycles. The van der Waals surface area contributed by atoms with Crippen LogP contribution >= 0.6 is 0 Å². The average molecular weight is 240 g/mol. The minimum atomic E-state index is 0.0334. The number of nitrogens with two attached hydrogens (primary N) is 1. The quantitative estimate of drug-likeness (QED) is 0.804. The van der Waals surface area contributed by atoms with E-state index in [1.54, 1.807) is 0 Å². The number of carbonyl (C=O) groups is 1. The van der Waals surface area contributed by atoms with Crippen molar-refractivity contribution in [2.45, 2.75) is 53.0 Å². The summed E-state index contributed by atoms with van der Waals surface area (Å²) in [6.07, 6.45) is 3.10. The molecule has 1 amide bonds. The monoisotopic (exact) mass is 240 g/mol. The van der Waals surface area contributed by atoms with Crippen LogP contribution in [0, 0.1) is 17.3 Å². The second-order valence-corrected chi connectivity index (χ2v) is 6.94. The predicted octanol–water partition coefficient (Wildman–Crippen LogP) is 2.25. The second-order valence-electron chi connectivity index (χ2n) is 6.94. The second kappa shape index (κ2) is 5.38. The molecule has 1 fully saturated rings. The van der Waals surface area contributed by atoms with E-state index < -0.39 is 0 Å². The summed E-state index contributed by atoms with van der Waals surface area (Å²) in [6.45, 7) is 9.47. The van der Waals surface area contributed by atoms with Crippen molar-refractivity contribution in [1.29, 1.82) is 0 Å². The van der Waals surface area contributed by atoms with Crippen LogP contribution in [0.15, 0.2) is 0 Å². The number of nitrogens with zero attached hydrogens (tertiary/aromatic N) is 1. The third-order valence-corrected chi connectivity index (χ3v) is 3.57. The Balaban J connectivity index is 2.61. The molecule has 0 aromatic rings. The van der Waals surface area contributed by atoms with Gasteiger partial charge in [-0.05, 0) is 30.6 Å². The maximum atomic E-state index is 12.4. The number of amides is 1. The van der Waals surface area contributed by atoms with Crippen LogP contribution in [-0.4, -0.2) is 30.4 Å². The van der Waals surface area contributed by atoms with E-state index in [1.807, 2.05) is 11.9 Å². The predicted molar refractivity (Wildman–Crippen MR) is 71.6 cm³/mol. The first-order valence-electron chi connectivity index (χ1n) is 6.71. The maximum absolute atomic E-state index is 12.4. The van der Waals surface area contributed by atoms with Crippen LogP contribution in [0.25, 0.3) is 0 Å². The first kappa shape index (κ1) is 14.5. The van der Waals surface area contributed by atoms with Gasteiger partial charge in [0.15, 0.2) is 0 Å². The van der Waals surface area contributed by atoms with E-state index in [0.29, 0.717) is 5.92 Å². The van der Waals surface area contributed by atoms with Crippen LogP contribution in [-0.2, 0) is 4.79 Å². The largest absolute Gasteiger partial charge is 0.345 e. The Kier molecular flexibility index (Phi) is 4.59. The summed E-state index contributed by atoms with van der Waals surface area (Å²) >= 11 is 0. The van der Waals surface area contributed by atoms with Crippen LogP contribution in [0.3, 0.4) is 0 Å². The zero-order valence-electron chi connectivity index (χ0n) is 12.0. The molecule has 100 valence electrons. The van der Waals surface area contributed by atoms with Crippen molar-refractivity contribution >= 4 is 5.91 Å². The smallest absolute Gasteiger partial charge is 0.227 e. The molecule has 1 aliphatic rings. The fraction of sp³-hybridized carbons (Fsp3) is 0.929. The van der Waals surface area contributed by atoms with Gasteiger partial charge in [-0.15, -0.1) is 0 Å². The molecule has 17 heavy (non-hydrogen) atoms. The molecule has 0 aromatic carbocycles. The van der Waals surface area contributed by atoms with Gasteiger partial charge in [0.25, 0.3) is 0 Å². The third-order valence-electron chi connectivity index (χ3n) is 3.57. The lowest BCUT2D eigenvalue weighted by Crippen LogP contribution is -2.47. The average Bonchev–Trinajstić information content (AvgIpc) is 2.18. The van der Waals surface area contributed by atoms with Crippen LogP contribution in [0.4, 0.5) is 0 Å². The van der Waals surface area contributed by atoms with E-state index in [1.165, 1.54) is 0 Å². The zero-order chi connectivity index (χ0) is 13.2. The molecule has 0 aliphatic heterocycles. The molecular weight excluding hydrogens is 212 g/mol. The number of hydrogen-bond donors (Lipinski definition) is 1. The van der Waals surface area contributed by atoms with Gasteiger partial charge >= 0.3 is 0 Å². The van der Waals surface area contributed by atoms with Crippen molar-refractivity contribution in [1.82, 2.24) is 4.90 Å². The molecule has 0 saturated heterocycles. The summed E-state index contributed by atoms with van der Waals surface area (Å²) in [5.74, 6) is 0.900. The lowest BCUT2D eigenvalue weighted by molar-refractivity contribution is -0.137. The topological polar surface area (TPSA) is 46.3 Å². The first-order chi connectivity index (χ1) is 7.70. The molecule has 1 aliphatic carbocycles. The lowest BCUT2D eigenvalue weighted by atomic mass is 9.78. The highest BCUT2D eigenvalue weighted by atomic mass is 16.2. The molecule has 3 nitrogen and oxygen atoms in total. The molecule has 0 radical (unpaired) electrons. The Bertz CT molecular complexity index is 270. The van der Waals surface area contributed by atoms with Gasteiger partial charge in [0.05, 0.1) is 5.92 Å². The Labute approximate surface area is 106 Å². The fourth-order valence-electron chi connectivity index (χ4n) is 2.76. The molecule has 3 heteroatoms. The first-order valence-corrected chi connectivity index (χ1v) is 6.71. The standard InChI is InChI=1S/C14H28N2O/c1-10-6-7-12(15)11(8-10)13(17)16(5)9-14(2,3)4/h10-12H,6-9,15H2,1-5H3. The Hall–Kier alpha value is -0.570. The van der Waals surface area contributed by atoms with E-state index in [-0.39, 0.29) is 23.3 Å². The number of hydrogen-bond acceptors (Lipinski definition) is 2. The van der Waals surface area contributed by atoms with Gasteiger partial charge in [0, 0.05) is 19.6 Å². The summed E-state index contributed by atoms with van der Waals surface area (Å²) in [7, 11) is 1.90. The fourth-order valence-corrected chi connectivity index (χ4v) is 2.76. The lowest BCUT2D eigenvalue weighted by Gasteiger charge is -2.36. The Morgan fingerprint density at radius 2 is 1.94 bits per heavy atom. The SMILES string of the molecule is CC1CCC(N)C(C(=O)N(C)CC(C)(C)C)C1. The zero-order valence-corrected chi connectivity index (χ0v) is 12.0. The van der Waals surface area contributed by atoms with Crippen molar-refractivity contribution in [3.8, 4) is 0 Å². The van der Waals surface area contributed by atoms with Gasteiger partial charge in [0.1, 0.15) is 0 Å². The Morgan fingerprint density at radius 1 is 1.35 bits per heavy atom. The molecule has 0 heterocycles. The van der Waals surface area contributed by atoms with E-state index >= 15 is 0 Å². The van der Waals surface area contributed by atoms with Gasteiger partial charge in [-0.2, -0.15) is 0 Å². The van der Waals surface area contributed by atoms with Crippen LogP contribution in [0.1, 0.15) is 47.0 Å². The molecule has 3 atom stereocenters. The molecule has 0 spiro atoms. The van der Waals surface area contributed by atoms with Crippen molar-refractivity contribution in [2.24, 2.45) is 23.0 Å². The highest BCUT2D eigenvalue weighted by Gasteiger charge is 2.33. The molecule has 3 unspecified atom stereocenters. The minimum absolute atomic E-state index is 0.0334. The van der Waals surface area contributed by atoms with Gasteiger partial charge in [-0.25, -0.2) is 0 Å². The summed E-state index contributed by atoms with van der Waals surface area (Å²) < 4.78 is 0. The van der Waals surface area contributed by atoms with E-state index in [4.69, 9.17) is 5.73 Å².